The quantitative estimate of drug-likeness (QED) is 0.541. The average Bonchev–Trinajstić information content (AvgIpc) is 2.56. The topological polar surface area (TPSA) is 9.23 Å². The van der Waals surface area contributed by atoms with Gasteiger partial charge in [0.25, 0.3) is 0 Å². The summed E-state index contributed by atoms with van der Waals surface area (Å²) < 4.78 is 5.53. The highest BCUT2D eigenvalue weighted by molar-refractivity contribution is 6.28. The van der Waals surface area contributed by atoms with Crippen molar-refractivity contribution in [1.82, 2.24) is 0 Å². The summed E-state index contributed by atoms with van der Waals surface area (Å²) in [6, 6.07) is 16.9. The summed E-state index contributed by atoms with van der Waals surface area (Å²) in [5.74, 6) is 1.34. The first kappa shape index (κ1) is 19.1. The van der Waals surface area contributed by atoms with Gasteiger partial charge in [-0.25, -0.2) is 0 Å². The molecule has 0 bridgehead atoms. The first-order chi connectivity index (χ1) is 11.4. The van der Waals surface area contributed by atoms with Crippen molar-refractivity contribution in [2.45, 2.75) is 44.4 Å². The van der Waals surface area contributed by atoms with Gasteiger partial charge in [0.1, 0.15) is 5.75 Å². The zero-order valence-corrected chi connectivity index (χ0v) is 16.4. The van der Waals surface area contributed by atoms with Crippen molar-refractivity contribution < 1.29 is 4.74 Å². The van der Waals surface area contributed by atoms with Crippen molar-refractivity contribution in [2.75, 3.05) is 12.5 Å². The van der Waals surface area contributed by atoms with E-state index >= 15 is 0 Å². The van der Waals surface area contributed by atoms with E-state index in [-0.39, 0.29) is 16.7 Å². The van der Waals surface area contributed by atoms with E-state index in [4.69, 9.17) is 27.9 Å². The molecular weight excluding hydrogens is 339 g/mol. The van der Waals surface area contributed by atoms with Crippen LogP contribution in [0.1, 0.15) is 50.3 Å². The molecule has 0 spiro atoms. The molecule has 0 amide bonds. The maximum atomic E-state index is 6.57. The Bertz CT molecular complexity index is 626. The third-order valence-corrected chi connectivity index (χ3v) is 5.09. The Morgan fingerprint density at radius 2 is 1.42 bits per heavy atom. The highest BCUT2D eigenvalue weighted by Crippen LogP contribution is 2.34. The van der Waals surface area contributed by atoms with Crippen LogP contribution in [-0.2, 0) is 5.41 Å². The molecule has 0 aliphatic heterocycles. The van der Waals surface area contributed by atoms with Crippen LogP contribution in [-0.4, -0.2) is 17.9 Å². The summed E-state index contributed by atoms with van der Waals surface area (Å²) >= 11 is 12.6. The van der Waals surface area contributed by atoms with Gasteiger partial charge in [-0.2, -0.15) is 0 Å². The van der Waals surface area contributed by atoms with Crippen LogP contribution in [0.2, 0.25) is 0 Å². The second kappa shape index (κ2) is 8.27. The van der Waals surface area contributed by atoms with Gasteiger partial charge in [-0.1, -0.05) is 57.2 Å². The molecule has 2 aromatic carbocycles. The van der Waals surface area contributed by atoms with Crippen LogP contribution in [0.15, 0.2) is 48.5 Å². The predicted octanol–water partition coefficient (Wildman–Crippen LogP) is 6.36. The zero-order valence-electron chi connectivity index (χ0n) is 14.9. The molecule has 2 unspecified atom stereocenters. The van der Waals surface area contributed by atoms with E-state index in [1.54, 1.807) is 0 Å². The SMILES string of the molecule is CCOc1ccc(C(c2ccc(C(C)(C)C)cc2)C(Cl)CCl)cc1. The van der Waals surface area contributed by atoms with Crippen molar-refractivity contribution >= 4 is 23.2 Å². The maximum absolute atomic E-state index is 6.57. The number of rotatable bonds is 6. The van der Waals surface area contributed by atoms with Gasteiger partial charge in [0.15, 0.2) is 0 Å². The molecule has 2 rings (SSSR count). The minimum absolute atomic E-state index is 0.0638. The molecule has 3 heteroatoms. The molecule has 130 valence electrons. The molecule has 0 aliphatic rings. The molecule has 0 heterocycles. The minimum Gasteiger partial charge on any atom is -0.494 e. The fraction of sp³-hybridized carbons (Fsp3) is 0.429. The fourth-order valence-corrected chi connectivity index (χ4v) is 3.30. The van der Waals surface area contributed by atoms with Crippen molar-refractivity contribution in [2.24, 2.45) is 0 Å². The second-order valence-electron chi connectivity index (χ2n) is 7.02. The molecular formula is C21H26Cl2O. The van der Waals surface area contributed by atoms with Gasteiger partial charge < -0.3 is 4.74 Å². The number of hydrogen-bond donors (Lipinski definition) is 0. The zero-order chi connectivity index (χ0) is 17.7. The highest BCUT2D eigenvalue weighted by Gasteiger charge is 2.23. The van der Waals surface area contributed by atoms with Crippen molar-refractivity contribution in [3.8, 4) is 5.75 Å². The van der Waals surface area contributed by atoms with Crippen LogP contribution in [0.3, 0.4) is 0 Å². The third kappa shape index (κ3) is 4.68. The standard InChI is InChI=1S/C21H26Cl2O/c1-5-24-18-12-8-16(9-13-18)20(19(23)14-22)15-6-10-17(11-7-15)21(2,3)4/h6-13,19-20H,5,14H2,1-4H3. The maximum Gasteiger partial charge on any atom is 0.119 e. The van der Waals surface area contributed by atoms with E-state index in [0.717, 1.165) is 11.3 Å². The molecule has 0 saturated carbocycles. The molecule has 0 aromatic heterocycles. The van der Waals surface area contributed by atoms with Crippen LogP contribution in [0.4, 0.5) is 0 Å². The molecule has 1 nitrogen and oxygen atoms in total. The monoisotopic (exact) mass is 364 g/mol. The Balaban J connectivity index is 2.34. The lowest BCUT2D eigenvalue weighted by Gasteiger charge is -2.24. The largest absolute Gasteiger partial charge is 0.494 e. The van der Waals surface area contributed by atoms with Gasteiger partial charge in [0.05, 0.1) is 12.0 Å². The van der Waals surface area contributed by atoms with Crippen LogP contribution in [0.25, 0.3) is 0 Å². The van der Waals surface area contributed by atoms with E-state index in [1.165, 1.54) is 11.1 Å². The van der Waals surface area contributed by atoms with Gasteiger partial charge in [-0.05, 0) is 41.2 Å². The van der Waals surface area contributed by atoms with E-state index in [1.807, 2.05) is 19.1 Å². The molecule has 2 aromatic rings. The Morgan fingerprint density at radius 3 is 1.83 bits per heavy atom. The predicted molar refractivity (Wildman–Crippen MR) is 105 cm³/mol. The number of alkyl halides is 2. The Morgan fingerprint density at radius 1 is 0.917 bits per heavy atom. The van der Waals surface area contributed by atoms with Gasteiger partial charge in [-0.3, -0.25) is 0 Å². The molecule has 0 radical (unpaired) electrons. The Hall–Kier alpha value is -1.18. The third-order valence-electron chi connectivity index (χ3n) is 4.20. The van der Waals surface area contributed by atoms with Crippen LogP contribution >= 0.6 is 23.2 Å². The lowest BCUT2D eigenvalue weighted by Crippen LogP contribution is -2.17. The van der Waals surface area contributed by atoms with Gasteiger partial charge in [0, 0.05) is 11.8 Å². The summed E-state index contributed by atoms with van der Waals surface area (Å²) in [6.45, 7) is 9.30. The number of benzene rings is 2. The van der Waals surface area contributed by atoms with Crippen molar-refractivity contribution in [3.05, 3.63) is 65.2 Å². The van der Waals surface area contributed by atoms with Gasteiger partial charge in [0.2, 0.25) is 0 Å². The first-order valence-electron chi connectivity index (χ1n) is 8.40. The molecule has 0 aliphatic carbocycles. The van der Waals surface area contributed by atoms with E-state index in [0.29, 0.717) is 12.5 Å². The van der Waals surface area contributed by atoms with Crippen LogP contribution in [0.5, 0.6) is 5.75 Å². The highest BCUT2D eigenvalue weighted by atomic mass is 35.5. The van der Waals surface area contributed by atoms with Crippen LogP contribution in [0, 0.1) is 0 Å². The normalized spacial score (nSPS) is 14.2. The molecule has 0 saturated heterocycles. The van der Waals surface area contributed by atoms with Crippen LogP contribution < -0.4 is 4.74 Å². The fourth-order valence-electron chi connectivity index (χ4n) is 2.83. The lowest BCUT2D eigenvalue weighted by atomic mass is 9.83. The second-order valence-corrected chi connectivity index (χ2v) is 7.89. The summed E-state index contributed by atoms with van der Waals surface area (Å²) in [7, 11) is 0. The minimum atomic E-state index is -0.162. The Kier molecular flexibility index (Phi) is 6.60. The first-order valence-corrected chi connectivity index (χ1v) is 9.37. The lowest BCUT2D eigenvalue weighted by molar-refractivity contribution is 0.340. The number of hydrogen-bond acceptors (Lipinski definition) is 1. The molecule has 24 heavy (non-hydrogen) atoms. The summed E-state index contributed by atoms with van der Waals surface area (Å²) in [6.07, 6.45) is 0. The smallest absolute Gasteiger partial charge is 0.119 e. The number of ether oxygens (including phenoxy) is 1. The number of halogens is 2. The van der Waals surface area contributed by atoms with Crippen molar-refractivity contribution in [1.29, 1.82) is 0 Å². The van der Waals surface area contributed by atoms with E-state index < -0.39 is 0 Å². The molecule has 0 fully saturated rings. The molecule has 0 N–H and O–H groups in total. The summed E-state index contributed by atoms with van der Waals surface area (Å²) in [5, 5.41) is -0.162. The summed E-state index contributed by atoms with van der Waals surface area (Å²) in [5.41, 5.74) is 3.80. The van der Waals surface area contributed by atoms with E-state index in [9.17, 15) is 0 Å². The summed E-state index contributed by atoms with van der Waals surface area (Å²) in [4.78, 5) is 0. The average molecular weight is 365 g/mol. The van der Waals surface area contributed by atoms with E-state index in [2.05, 4.69) is 57.2 Å². The molecule has 2 atom stereocenters. The van der Waals surface area contributed by atoms with Gasteiger partial charge >= 0.3 is 0 Å². The Labute approximate surface area is 155 Å². The van der Waals surface area contributed by atoms with Gasteiger partial charge in [-0.15, -0.1) is 23.2 Å². The van der Waals surface area contributed by atoms with Crippen molar-refractivity contribution in [3.63, 3.8) is 0 Å².